The van der Waals surface area contributed by atoms with E-state index in [1.54, 1.807) is 0 Å². The Balaban J connectivity index is 3.94. The van der Waals surface area contributed by atoms with Gasteiger partial charge >= 0.3 is 5.97 Å². The molecule has 2 N–H and O–H groups in total. The van der Waals surface area contributed by atoms with Gasteiger partial charge in [-0.3, -0.25) is 9.59 Å². The van der Waals surface area contributed by atoms with Crippen molar-refractivity contribution in [3.63, 3.8) is 0 Å². The van der Waals surface area contributed by atoms with E-state index in [0.29, 0.717) is 0 Å². The Kier molecular flexibility index (Phi) is 3.64. The molecule has 4 nitrogen and oxygen atoms in total. The molecule has 0 saturated carbocycles. The van der Waals surface area contributed by atoms with Gasteiger partial charge in [0.25, 0.3) is 0 Å². The molecule has 0 radical (unpaired) electrons. The van der Waals surface area contributed by atoms with E-state index in [1.165, 1.54) is 14.0 Å². The van der Waals surface area contributed by atoms with Gasteiger partial charge in [0.2, 0.25) is 0 Å². The standard InChI is InChI=1S/C6H11NO3/c1-4(5(8)3-7)6(9)10-2/h4H,3,7H2,1-2H3. The Hall–Kier alpha value is -0.900. The molecule has 0 aromatic rings. The fraction of sp³-hybridized carbons (Fsp3) is 0.667. The molecular weight excluding hydrogens is 134 g/mol. The first-order valence-electron chi connectivity index (χ1n) is 2.94. The lowest BCUT2D eigenvalue weighted by Gasteiger charge is -2.04. The average Bonchev–Trinajstić information content (AvgIpc) is 2.00. The summed E-state index contributed by atoms with van der Waals surface area (Å²) in [6, 6.07) is 0. The molecule has 0 bridgehead atoms. The van der Waals surface area contributed by atoms with Crippen LogP contribution in [0.2, 0.25) is 0 Å². The van der Waals surface area contributed by atoms with Crippen molar-refractivity contribution in [3.8, 4) is 0 Å². The topological polar surface area (TPSA) is 69.4 Å². The number of methoxy groups -OCH3 is 1. The zero-order chi connectivity index (χ0) is 8.15. The first-order chi connectivity index (χ1) is 4.63. The predicted molar refractivity (Wildman–Crippen MR) is 35.2 cm³/mol. The van der Waals surface area contributed by atoms with Gasteiger partial charge in [0.1, 0.15) is 5.92 Å². The number of carbonyl (C=O) groups excluding carboxylic acids is 2. The number of esters is 1. The van der Waals surface area contributed by atoms with Gasteiger partial charge in [0.15, 0.2) is 5.78 Å². The molecule has 0 amide bonds. The van der Waals surface area contributed by atoms with Crippen LogP contribution >= 0.6 is 0 Å². The van der Waals surface area contributed by atoms with Crippen molar-refractivity contribution in [1.82, 2.24) is 0 Å². The van der Waals surface area contributed by atoms with Crippen molar-refractivity contribution in [1.29, 1.82) is 0 Å². The molecular formula is C6H11NO3. The van der Waals surface area contributed by atoms with Gasteiger partial charge in [-0.2, -0.15) is 0 Å². The molecule has 0 rings (SSSR count). The summed E-state index contributed by atoms with van der Waals surface area (Å²) in [6.07, 6.45) is 0. The summed E-state index contributed by atoms with van der Waals surface area (Å²) in [5.74, 6) is -1.56. The first-order valence-corrected chi connectivity index (χ1v) is 2.94. The molecule has 1 unspecified atom stereocenters. The molecule has 4 heteroatoms. The monoisotopic (exact) mass is 145 g/mol. The van der Waals surface area contributed by atoms with Crippen LogP contribution in [-0.2, 0) is 14.3 Å². The smallest absolute Gasteiger partial charge is 0.315 e. The number of carbonyl (C=O) groups is 2. The van der Waals surface area contributed by atoms with Crippen molar-refractivity contribution >= 4 is 11.8 Å². The van der Waals surface area contributed by atoms with Gasteiger partial charge in [-0.1, -0.05) is 0 Å². The molecule has 58 valence electrons. The Bertz CT molecular complexity index is 128. The minimum atomic E-state index is -0.727. The number of ether oxygens (including phenoxy) is 1. The summed E-state index contributed by atoms with van der Waals surface area (Å²) in [5.41, 5.74) is 5.01. The van der Waals surface area contributed by atoms with E-state index in [4.69, 9.17) is 5.73 Å². The van der Waals surface area contributed by atoms with Crippen LogP contribution in [0.4, 0.5) is 0 Å². The van der Waals surface area contributed by atoms with E-state index in [2.05, 4.69) is 4.74 Å². The summed E-state index contributed by atoms with van der Waals surface area (Å²) >= 11 is 0. The quantitative estimate of drug-likeness (QED) is 0.422. The van der Waals surface area contributed by atoms with Crippen LogP contribution in [0, 0.1) is 5.92 Å². The van der Waals surface area contributed by atoms with E-state index in [9.17, 15) is 9.59 Å². The van der Waals surface area contributed by atoms with Crippen LogP contribution in [-0.4, -0.2) is 25.4 Å². The predicted octanol–water partition coefficient (Wildman–Crippen LogP) is -0.677. The molecule has 10 heavy (non-hydrogen) atoms. The molecule has 0 spiro atoms. The van der Waals surface area contributed by atoms with Gasteiger partial charge in [0.05, 0.1) is 13.7 Å². The minimum Gasteiger partial charge on any atom is -0.468 e. The van der Waals surface area contributed by atoms with Crippen LogP contribution in [0.15, 0.2) is 0 Å². The van der Waals surface area contributed by atoms with E-state index in [1.807, 2.05) is 0 Å². The van der Waals surface area contributed by atoms with Gasteiger partial charge in [0, 0.05) is 0 Å². The Morgan fingerprint density at radius 1 is 1.60 bits per heavy atom. The second-order valence-corrected chi connectivity index (χ2v) is 1.92. The van der Waals surface area contributed by atoms with Crippen molar-refractivity contribution in [2.75, 3.05) is 13.7 Å². The highest BCUT2D eigenvalue weighted by atomic mass is 16.5. The van der Waals surface area contributed by atoms with Gasteiger partial charge in [-0.25, -0.2) is 0 Å². The number of ketones is 1. The number of hydrogen-bond acceptors (Lipinski definition) is 4. The third-order valence-corrected chi connectivity index (χ3v) is 1.24. The molecule has 0 aliphatic carbocycles. The van der Waals surface area contributed by atoms with Crippen LogP contribution < -0.4 is 5.73 Å². The van der Waals surface area contributed by atoms with Gasteiger partial charge < -0.3 is 10.5 Å². The first kappa shape index (κ1) is 9.10. The van der Waals surface area contributed by atoms with E-state index in [0.717, 1.165) is 0 Å². The van der Waals surface area contributed by atoms with Crippen LogP contribution in [0.3, 0.4) is 0 Å². The fourth-order valence-corrected chi connectivity index (χ4v) is 0.485. The zero-order valence-corrected chi connectivity index (χ0v) is 6.09. The number of rotatable bonds is 3. The average molecular weight is 145 g/mol. The number of hydrogen-bond donors (Lipinski definition) is 1. The molecule has 0 aromatic carbocycles. The maximum atomic E-state index is 10.7. The Morgan fingerprint density at radius 2 is 2.10 bits per heavy atom. The van der Waals surface area contributed by atoms with Crippen molar-refractivity contribution in [3.05, 3.63) is 0 Å². The lowest BCUT2D eigenvalue weighted by molar-refractivity contribution is -0.148. The number of Topliss-reactive ketones (excluding diaryl/α,β-unsaturated/α-hetero) is 1. The highest BCUT2D eigenvalue weighted by molar-refractivity contribution is 5.99. The molecule has 0 saturated heterocycles. The normalized spacial score (nSPS) is 12.3. The van der Waals surface area contributed by atoms with Gasteiger partial charge in [-0.15, -0.1) is 0 Å². The second-order valence-electron chi connectivity index (χ2n) is 1.92. The summed E-state index contributed by atoms with van der Waals surface area (Å²) in [5, 5.41) is 0. The van der Waals surface area contributed by atoms with Crippen LogP contribution in [0.25, 0.3) is 0 Å². The summed E-state index contributed by atoms with van der Waals surface area (Å²) in [4.78, 5) is 21.3. The maximum Gasteiger partial charge on any atom is 0.315 e. The zero-order valence-electron chi connectivity index (χ0n) is 6.09. The SMILES string of the molecule is COC(=O)C(C)C(=O)CN. The lowest BCUT2D eigenvalue weighted by atomic mass is 10.1. The minimum absolute atomic E-state index is 0.115. The molecule has 1 atom stereocenters. The molecule has 0 fully saturated rings. The summed E-state index contributed by atoms with van der Waals surface area (Å²) in [7, 11) is 1.24. The molecule has 0 heterocycles. The van der Waals surface area contributed by atoms with Crippen LogP contribution in [0.5, 0.6) is 0 Å². The molecule has 0 aliphatic heterocycles. The highest BCUT2D eigenvalue weighted by Gasteiger charge is 2.19. The van der Waals surface area contributed by atoms with E-state index < -0.39 is 11.9 Å². The van der Waals surface area contributed by atoms with Gasteiger partial charge in [-0.05, 0) is 6.92 Å². The third kappa shape index (κ3) is 2.14. The molecule has 0 aromatic heterocycles. The maximum absolute atomic E-state index is 10.7. The Morgan fingerprint density at radius 3 is 2.40 bits per heavy atom. The van der Waals surface area contributed by atoms with Crippen molar-refractivity contribution in [2.45, 2.75) is 6.92 Å². The lowest BCUT2D eigenvalue weighted by Crippen LogP contribution is -2.28. The molecule has 0 aliphatic rings. The van der Waals surface area contributed by atoms with Crippen LogP contribution in [0.1, 0.15) is 6.92 Å². The number of nitrogens with two attached hydrogens (primary N) is 1. The largest absolute Gasteiger partial charge is 0.468 e. The summed E-state index contributed by atoms with van der Waals surface area (Å²) < 4.78 is 4.32. The third-order valence-electron chi connectivity index (χ3n) is 1.24. The van der Waals surface area contributed by atoms with E-state index in [-0.39, 0.29) is 12.3 Å². The fourth-order valence-electron chi connectivity index (χ4n) is 0.485. The van der Waals surface area contributed by atoms with E-state index >= 15 is 0 Å². The van der Waals surface area contributed by atoms with Crippen molar-refractivity contribution < 1.29 is 14.3 Å². The second kappa shape index (κ2) is 4.00. The van der Waals surface area contributed by atoms with Crippen molar-refractivity contribution in [2.24, 2.45) is 11.7 Å². The highest BCUT2D eigenvalue weighted by Crippen LogP contribution is 1.97. The Labute approximate surface area is 59.3 Å². The summed E-state index contributed by atoms with van der Waals surface area (Å²) in [6.45, 7) is 1.36.